The molecule has 134 valence electrons. The fourth-order valence-corrected chi connectivity index (χ4v) is 4.16. The predicted octanol–water partition coefficient (Wildman–Crippen LogP) is 4.37. The second-order valence-corrected chi connectivity index (χ2v) is 7.72. The Bertz CT molecular complexity index is 332. The summed E-state index contributed by atoms with van der Waals surface area (Å²) >= 11 is 0. The van der Waals surface area contributed by atoms with Crippen LogP contribution in [0, 0.1) is 11.8 Å². The van der Waals surface area contributed by atoms with Crippen molar-refractivity contribution in [2.45, 2.75) is 96.1 Å². The van der Waals surface area contributed by atoms with E-state index in [1.165, 1.54) is 44.9 Å². The molecule has 0 bridgehead atoms. The molecule has 0 spiro atoms. The Balaban J connectivity index is 1.55. The van der Waals surface area contributed by atoms with Crippen molar-refractivity contribution >= 4 is 6.09 Å². The van der Waals surface area contributed by atoms with Crippen molar-refractivity contribution in [3.63, 3.8) is 0 Å². The lowest BCUT2D eigenvalue weighted by molar-refractivity contribution is 0.133. The molecule has 0 aromatic rings. The lowest BCUT2D eigenvalue weighted by Gasteiger charge is -2.33. The average Bonchev–Trinajstić information content (AvgIpc) is 2.56. The van der Waals surface area contributed by atoms with E-state index in [4.69, 9.17) is 10.5 Å². The zero-order valence-electron chi connectivity index (χ0n) is 14.9. The van der Waals surface area contributed by atoms with Gasteiger partial charge in [0.2, 0.25) is 0 Å². The van der Waals surface area contributed by atoms with Gasteiger partial charge in [-0.1, -0.05) is 19.8 Å². The van der Waals surface area contributed by atoms with Crippen LogP contribution in [0.4, 0.5) is 4.79 Å². The third-order valence-electron chi connectivity index (χ3n) is 5.71. The smallest absolute Gasteiger partial charge is 0.407 e. The largest absolute Gasteiger partial charge is 0.450 e. The van der Waals surface area contributed by atoms with Gasteiger partial charge in [0.25, 0.3) is 0 Å². The van der Waals surface area contributed by atoms with Crippen LogP contribution in [-0.2, 0) is 4.74 Å². The highest BCUT2D eigenvalue weighted by Crippen LogP contribution is 2.35. The maximum Gasteiger partial charge on any atom is 0.407 e. The molecule has 2 aliphatic carbocycles. The lowest BCUT2D eigenvalue weighted by atomic mass is 9.76. The maximum absolute atomic E-state index is 11.8. The maximum atomic E-state index is 11.8. The highest BCUT2D eigenvalue weighted by atomic mass is 16.5. The van der Waals surface area contributed by atoms with Gasteiger partial charge in [-0.05, 0) is 76.0 Å². The Kier molecular flexibility index (Phi) is 8.21. The fraction of sp³-hybridized carbons (Fsp3) is 0.947. The molecule has 0 aromatic heterocycles. The van der Waals surface area contributed by atoms with Crippen LogP contribution in [0.3, 0.4) is 0 Å². The van der Waals surface area contributed by atoms with Crippen LogP contribution in [0.25, 0.3) is 0 Å². The number of alkyl carbamates (subject to hydrolysis) is 1. The number of carbonyl (C=O) groups is 1. The highest BCUT2D eigenvalue weighted by Gasteiger charge is 2.26. The molecule has 2 rings (SSSR count). The summed E-state index contributed by atoms with van der Waals surface area (Å²) in [5.74, 6) is 1.75. The first-order valence-electron chi connectivity index (χ1n) is 9.86. The van der Waals surface area contributed by atoms with Crippen LogP contribution in [0.5, 0.6) is 0 Å². The van der Waals surface area contributed by atoms with Gasteiger partial charge in [0, 0.05) is 12.1 Å². The van der Waals surface area contributed by atoms with E-state index in [0.29, 0.717) is 18.7 Å². The Morgan fingerprint density at radius 1 is 1.00 bits per heavy atom. The van der Waals surface area contributed by atoms with E-state index in [0.717, 1.165) is 43.9 Å². The summed E-state index contributed by atoms with van der Waals surface area (Å²) in [6.45, 7) is 2.71. The fourth-order valence-electron chi connectivity index (χ4n) is 4.16. The van der Waals surface area contributed by atoms with Crippen LogP contribution < -0.4 is 11.1 Å². The molecule has 2 fully saturated rings. The number of nitrogens with one attached hydrogen (secondary N) is 1. The van der Waals surface area contributed by atoms with E-state index >= 15 is 0 Å². The van der Waals surface area contributed by atoms with Crippen molar-refractivity contribution in [3.05, 3.63) is 0 Å². The molecule has 4 heteroatoms. The van der Waals surface area contributed by atoms with Crippen LogP contribution >= 0.6 is 0 Å². The van der Waals surface area contributed by atoms with E-state index in [2.05, 4.69) is 12.2 Å². The Morgan fingerprint density at radius 3 is 2.22 bits per heavy atom. The van der Waals surface area contributed by atoms with Gasteiger partial charge in [-0.2, -0.15) is 0 Å². The predicted molar refractivity (Wildman–Crippen MR) is 94.3 cm³/mol. The molecule has 1 amide bonds. The summed E-state index contributed by atoms with van der Waals surface area (Å²) in [6, 6.07) is 0.777. The molecule has 2 aliphatic rings. The Hall–Kier alpha value is -0.770. The number of carbonyl (C=O) groups excluding carboxylic acids is 1. The lowest BCUT2D eigenvalue weighted by Crippen LogP contribution is -2.38. The number of hydrogen-bond donors (Lipinski definition) is 2. The van der Waals surface area contributed by atoms with Crippen molar-refractivity contribution in [1.82, 2.24) is 5.32 Å². The molecule has 2 saturated carbocycles. The van der Waals surface area contributed by atoms with Gasteiger partial charge in [0.1, 0.15) is 0 Å². The Morgan fingerprint density at radius 2 is 1.61 bits per heavy atom. The minimum Gasteiger partial charge on any atom is -0.450 e. The molecule has 0 saturated heterocycles. The molecule has 0 radical (unpaired) electrons. The first kappa shape index (κ1) is 18.6. The van der Waals surface area contributed by atoms with Gasteiger partial charge in [0.15, 0.2) is 0 Å². The number of rotatable bonds is 7. The normalized spacial score (nSPS) is 31.6. The molecule has 3 N–H and O–H groups in total. The minimum atomic E-state index is -0.217. The van der Waals surface area contributed by atoms with E-state index in [-0.39, 0.29) is 6.09 Å². The summed E-state index contributed by atoms with van der Waals surface area (Å²) in [5.41, 5.74) is 5.99. The monoisotopic (exact) mass is 324 g/mol. The first-order chi connectivity index (χ1) is 11.2. The van der Waals surface area contributed by atoms with Gasteiger partial charge in [-0.15, -0.1) is 0 Å². The quantitative estimate of drug-likeness (QED) is 0.683. The van der Waals surface area contributed by atoms with Gasteiger partial charge in [-0.3, -0.25) is 0 Å². The summed E-state index contributed by atoms with van der Waals surface area (Å²) in [5, 5.41) is 3.05. The number of nitrogens with two attached hydrogens (primary N) is 1. The van der Waals surface area contributed by atoms with Crippen molar-refractivity contribution in [2.75, 3.05) is 6.61 Å². The molecular weight excluding hydrogens is 288 g/mol. The molecule has 0 aromatic carbocycles. The topological polar surface area (TPSA) is 64.3 Å². The van der Waals surface area contributed by atoms with Crippen molar-refractivity contribution in [3.8, 4) is 0 Å². The van der Waals surface area contributed by atoms with Crippen LogP contribution in [0.2, 0.25) is 0 Å². The second-order valence-electron chi connectivity index (χ2n) is 7.72. The van der Waals surface area contributed by atoms with Crippen molar-refractivity contribution in [1.29, 1.82) is 0 Å². The summed E-state index contributed by atoms with van der Waals surface area (Å²) in [7, 11) is 0. The zero-order chi connectivity index (χ0) is 16.5. The minimum absolute atomic E-state index is 0.217. The standard InChI is InChI=1S/C19H36N2O2/c1-2-3-4-13-23-19(22)21-18-11-7-16(8-12-18)14-15-5-9-17(20)10-6-15/h15-18H,2-14,20H2,1H3,(H,21,22). The third kappa shape index (κ3) is 7.11. The summed E-state index contributed by atoms with van der Waals surface area (Å²) in [4.78, 5) is 11.8. The molecule has 23 heavy (non-hydrogen) atoms. The molecule has 0 aliphatic heterocycles. The second kappa shape index (κ2) is 10.2. The number of ether oxygens (including phenoxy) is 1. The van der Waals surface area contributed by atoms with E-state index in [1.54, 1.807) is 0 Å². The van der Waals surface area contributed by atoms with Gasteiger partial charge in [0.05, 0.1) is 6.61 Å². The van der Waals surface area contributed by atoms with Crippen LogP contribution in [0.15, 0.2) is 0 Å². The van der Waals surface area contributed by atoms with Crippen molar-refractivity contribution in [2.24, 2.45) is 17.6 Å². The van der Waals surface area contributed by atoms with Crippen molar-refractivity contribution < 1.29 is 9.53 Å². The van der Waals surface area contributed by atoms with E-state index in [1.807, 2.05) is 0 Å². The van der Waals surface area contributed by atoms with Gasteiger partial charge in [-0.25, -0.2) is 4.79 Å². The molecule has 0 unspecified atom stereocenters. The SMILES string of the molecule is CCCCCOC(=O)NC1CCC(CC2CCC(N)CC2)CC1. The third-order valence-corrected chi connectivity index (χ3v) is 5.71. The molecule has 0 atom stereocenters. The van der Waals surface area contributed by atoms with Gasteiger partial charge < -0.3 is 15.8 Å². The first-order valence-corrected chi connectivity index (χ1v) is 9.86. The molecular formula is C19H36N2O2. The number of hydrogen-bond acceptors (Lipinski definition) is 3. The molecule has 0 heterocycles. The van der Waals surface area contributed by atoms with Crippen LogP contribution in [-0.4, -0.2) is 24.8 Å². The Labute approximate surface area is 141 Å². The molecule has 4 nitrogen and oxygen atoms in total. The van der Waals surface area contributed by atoms with Crippen LogP contribution in [0.1, 0.15) is 84.0 Å². The van der Waals surface area contributed by atoms with E-state index in [9.17, 15) is 4.79 Å². The summed E-state index contributed by atoms with van der Waals surface area (Å²) in [6.07, 6.45) is 14.2. The number of amides is 1. The van der Waals surface area contributed by atoms with Gasteiger partial charge >= 0.3 is 6.09 Å². The average molecular weight is 325 g/mol. The highest BCUT2D eigenvalue weighted by molar-refractivity contribution is 5.67. The zero-order valence-corrected chi connectivity index (χ0v) is 14.9. The number of unbranched alkanes of at least 4 members (excludes halogenated alkanes) is 2. The summed E-state index contributed by atoms with van der Waals surface area (Å²) < 4.78 is 5.24. The van der Waals surface area contributed by atoms with E-state index < -0.39 is 0 Å².